The van der Waals surface area contributed by atoms with Crippen LogP contribution in [-0.2, 0) is 19.4 Å². The van der Waals surface area contributed by atoms with Crippen LogP contribution in [0.2, 0.25) is 0 Å². The van der Waals surface area contributed by atoms with Crippen LogP contribution >= 0.6 is 22.7 Å². The lowest BCUT2D eigenvalue weighted by Crippen LogP contribution is -2.41. The van der Waals surface area contributed by atoms with Gasteiger partial charge in [-0.1, -0.05) is 36.4 Å². The van der Waals surface area contributed by atoms with E-state index in [4.69, 9.17) is 0 Å². The number of thiophene rings is 2. The Morgan fingerprint density at radius 2 is 1.87 bits per heavy atom. The zero-order valence-corrected chi connectivity index (χ0v) is 18.3. The van der Waals surface area contributed by atoms with Crippen molar-refractivity contribution < 1.29 is 9.59 Å². The van der Waals surface area contributed by atoms with E-state index in [0.29, 0.717) is 22.7 Å². The Morgan fingerprint density at radius 3 is 2.65 bits per heavy atom. The predicted octanol–water partition coefficient (Wildman–Crippen LogP) is 4.28. The molecule has 3 aromatic heterocycles. The van der Waals surface area contributed by atoms with Crippen LogP contribution < -0.4 is 10.9 Å². The van der Waals surface area contributed by atoms with Crippen molar-refractivity contribution in [3.63, 3.8) is 0 Å². The lowest BCUT2D eigenvalue weighted by Gasteiger charge is -2.06. The molecule has 0 unspecified atom stereocenters. The van der Waals surface area contributed by atoms with Gasteiger partial charge in [0.05, 0.1) is 21.9 Å². The van der Waals surface area contributed by atoms with Crippen molar-refractivity contribution in [3.8, 4) is 10.6 Å². The average Bonchev–Trinajstić information content (AvgIpc) is 3.56. The smallest absolute Gasteiger partial charge is 0.267 e. The molecular formula is C23H20N4O2S2. The van der Waals surface area contributed by atoms with E-state index in [1.54, 1.807) is 10.9 Å². The minimum Gasteiger partial charge on any atom is -0.267 e. The molecule has 0 saturated heterocycles. The Balaban J connectivity index is 1.33. The monoisotopic (exact) mass is 448 g/mol. The molecule has 8 heteroatoms. The standard InChI is InChI=1S/C23H20N4O2S2/c28-22(24-25-23(29)20-12-16-8-4-9-18(16)31-20)17-14-27(13-15-6-2-1-3-7-15)26-21(17)19-10-5-11-30-19/h1-3,5-7,10-12,14H,4,8-9,13H2,(H,24,28)(H,25,29). The van der Waals surface area contributed by atoms with Gasteiger partial charge in [0, 0.05) is 11.1 Å². The molecule has 1 aromatic carbocycles. The quantitative estimate of drug-likeness (QED) is 0.447. The molecule has 1 aliphatic rings. The van der Waals surface area contributed by atoms with Gasteiger partial charge in [-0.2, -0.15) is 5.10 Å². The number of hydrogen-bond acceptors (Lipinski definition) is 5. The maximum absolute atomic E-state index is 12.9. The Hall–Kier alpha value is -3.23. The summed E-state index contributed by atoms with van der Waals surface area (Å²) in [5.74, 6) is -0.678. The van der Waals surface area contributed by atoms with Crippen molar-refractivity contribution >= 4 is 34.5 Å². The van der Waals surface area contributed by atoms with Gasteiger partial charge in [-0.3, -0.25) is 25.1 Å². The number of carbonyl (C=O) groups is 2. The highest BCUT2D eigenvalue weighted by atomic mass is 32.1. The Morgan fingerprint density at radius 1 is 1.03 bits per heavy atom. The topological polar surface area (TPSA) is 76.0 Å². The molecule has 0 fully saturated rings. The summed E-state index contributed by atoms with van der Waals surface area (Å²) >= 11 is 3.03. The lowest BCUT2D eigenvalue weighted by atomic mass is 10.2. The fourth-order valence-electron chi connectivity index (χ4n) is 3.72. The number of hydrazine groups is 1. The first-order chi connectivity index (χ1) is 15.2. The van der Waals surface area contributed by atoms with Crippen LogP contribution in [0.1, 0.15) is 42.5 Å². The number of nitrogens with one attached hydrogen (secondary N) is 2. The van der Waals surface area contributed by atoms with Gasteiger partial charge in [0.2, 0.25) is 0 Å². The summed E-state index contributed by atoms with van der Waals surface area (Å²) in [5, 5.41) is 6.59. The first kappa shape index (κ1) is 19.7. The van der Waals surface area contributed by atoms with Gasteiger partial charge in [0.1, 0.15) is 5.69 Å². The second-order valence-corrected chi connectivity index (χ2v) is 9.46. The van der Waals surface area contributed by atoms with Gasteiger partial charge in [0.25, 0.3) is 11.8 Å². The third-order valence-electron chi connectivity index (χ3n) is 5.21. The molecule has 31 heavy (non-hydrogen) atoms. The number of aromatic nitrogens is 2. The zero-order chi connectivity index (χ0) is 21.2. The van der Waals surface area contributed by atoms with E-state index in [1.807, 2.05) is 53.9 Å². The molecule has 4 aromatic rings. The fourth-order valence-corrected chi connectivity index (χ4v) is 5.59. The summed E-state index contributed by atoms with van der Waals surface area (Å²) in [6, 6.07) is 15.7. The van der Waals surface area contributed by atoms with E-state index >= 15 is 0 Å². The second kappa shape index (κ2) is 8.49. The largest absolute Gasteiger partial charge is 0.279 e. The zero-order valence-electron chi connectivity index (χ0n) is 16.6. The number of fused-ring (bicyclic) bond motifs is 1. The van der Waals surface area contributed by atoms with E-state index in [1.165, 1.54) is 33.1 Å². The number of hydrogen-bond donors (Lipinski definition) is 2. The molecule has 0 saturated carbocycles. The van der Waals surface area contributed by atoms with Gasteiger partial charge >= 0.3 is 0 Å². The second-order valence-electron chi connectivity index (χ2n) is 7.37. The summed E-state index contributed by atoms with van der Waals surface area (Å²) in [4.78, 5) is 28.2. The molecule has 2 amide bonds. The van der Waals surface area contributed by atoms with E-state index in [2.05, 4.69) is 16.0 Å². The van der Waals surface area contributed by atoms with Crippen molar-refractivity contribution in [1.82, 2.24) is 20.6 Å². The number of benzene rings is 1. The van der Waals surface area contributed by atoms with Crippen LogP contribution in [0.15, 0.2) is 60.1 Å². The van der Waals surface area contributed by atoms with Crippen molar-refractivity contribution in [2.45, 2.75) is 25.8 Å². The lowest BCUT2D eigenvalue weighted by molar-refractivity contribution is 0.0849. The average molecular weight is 449 g/mol. The molecule has 6 nitrogen and oxygen atoms in total. The highest BCUT2D eigenvalue weighted by Gasteiger charge is 2.21. The highest BCUT2D eigenvalue weighted by molar-refractivity contribution is 7.14. The van der Waals surface area contributed by atoms with E-state index < -0.39 is 0 Å². The van der Waals surface area contributed by atoms with Crippen molar-refractivity contribution in [2.24, 2.45) is 0 Å². The molecule has 0 spiro atoms. The van der Waals surface area contributed by atoms with Crippen LogP contribution in [0.4, 0.5) is 0 Å². The van der Waals surface area contributed by atoms with Crippen LogP contribution in [0.25, 0.3) is 10.6 Å². The maximum atomic E-state index is 12.9. The van der Waals surface area contributed by atoms with Gasteiger partial charge in [-0.15, -0.1) is 22.7 Å². The molecule has 0 aliphatic heterocycles. The summed E-state index contributed by atoms with van der Waals surface area (Å²) < 4.78 is 1.75. The van der Waals surface area contributed by atoms with Gasteiger partial charge in [0.15, 0.2) is 0 Å². The first-order valence-electron chi connectivity index (χ1n) is 10.0. The Kier molecular flexibility index (Phi) is 5.40. The highest BCUT2D eigenvalue weighted by Crippen LogP contribution is 2.30. The van der Waals surface area contributed by atoms with Crippen molar-refractivity contribution in [1.29, 1.82) is 0 Å². The van der Waals surface area contributed by atoms with E-state index in [9.17, 15) is 9.59 Å². The predicted molar refractivity (Wildman–Crippen MR) is 122 cm³/mol. The van der Waals surface area contributed by atoms with Crippen molar-refractivity contribution in [3.05, 3.63) is 86.6 Å². The molecule has 0 radical (unpaired) electrons. The summed E-state index contributed by atoms with van der Waals surface area (Å²) in [6.07, 6.45) is 4.93. The number of carbonyl (C=O) groups excluding carboxylic acids is 2. The van der Waals surface area contributed by atoms with Crippen LogP contribution in [-0.4, -0.2) is 21.6 Å². The Bertz CT molecular complexity index is 1200. The minimum atomic E-state index is -0.389. The third-order valence-corrected chi connectivity index (χ3v) is 7.32. The molecule has 1 aliphatic carbocycles. The molecule has 0 atom stereocenters. The molecule has 5 rings (SSSR count). The normalized spacial score (nSPS) is 12.5. The maximum Gasteiger partial charge on any atom is 0.279 e. The van der Waals surface area contributed by atoms with Crippen molar-refractivity contribution in [2.75, 3.05) is 0 Å². The van der Waals surface area contributed by atoms with E-state index in [0.717, 1.165) is 29.7 Å². The van der Waals surface area contributed by atoms with Crippen LogP contribution in [0.5, 0.6) is 0 Å². The number of amides is 2. The third kappa shape index (κ3) is 4.17. The van der Waals surface area contributed by atoms with Crippen LogP contribution in [0.3, 0.4) is 0 Å². The molecule has 156 valence electrons. The SMILES string of the molecule is O=C(NNC(=O)c1cn(Cc2ccccc2)nc1-c1cccs1)c1cc2c(s1)CCC2. The number of rotatable bonds is 5. The summed E-state index contributed by atoms with van der Waals surface area (Å²) in [7, 11) is 0. The van der Waals surface area contributed by atoms with Crippen LogP contribution in [0, 0.1) is 0 Å². The Labute approximate surface area is 187 Å². The van der Waals surface area contributed by atoms with Gasteiger partial charge in [-0.25, -0.2) is 0 Å². The number of aryl methyl sites for hydroxylation is 2. The summed E-state index contributed by atoms with van der Waals surface area (Å²) in [6.45, 7) is 0.555. The fraction of sp³-hybridized carbons (Fsp3) is 0.174. The summed E-state index contributed by atoms with van der Waals surface area (Å²) in [5.41, 5.74) is 8.49. The molecule has 0 bridgehead atoms. The molecule has 3 heterocycles. The molecule has 2 N–H and O–H groups in total. The molecular weight excluding hydrogens is 428 g/mol. The van der Waals surface area contributed by atoms with Gasteiger partial charge < -0.3 is 0 Å². The number of nitrogens with zero attached hydrogens (tertiary/aromatic N) is 2. The van der Waals surface area contributed by atoms with Gasteiger partial charge in [-0.05, 0) is 47.9 Å². The first-order valence-corrected chi connectivity index (χ1v) is 11.7. The minimum absolute atomic E-state index is 0.290. The van der Waals surface area contributed by atoms with E-state index in [-0.39, 0.29) is 11.8 Å².